The van der Waals surface area contributed by atoms with E-state index in [2.05, 4.69) is 0 Å². The highest BCUT2D eigenvalue weighted by Gasteiger charge is 2.28. The molecule has 0 fully saturated rings. The monoisotopic (exact) mass is 247 g/mol. The molecular formula is C11H15BF3O2-. The van der Waals surface area contributed by atoms with Crippen molar-refractivity contribution in [3.8, 4) is 5.75 Å². The summed E-state index contributed by atoms with van der Waals surface area (Å²) in [6.45, 7) is -2.05. The third-order valence-electron chi connectivity index (χ3n) is 2.11. The molecule has 1 aromatic rings. The minimum atomic E-state index is -5.03. The minimum absolute atomic E-state index is 0.125. The summed E-state index contributed by atoms with van der Waals surface area (Å²) in [5, 5.41) is 0. The van der Waals surface area contributed by atoms with Crippen molar-refractivity contribution in [1.82, 2.24) is 0 Å². The van der Waals surface area contributed by atoms with Crippen LogP contribution in [-0.4, -0.2) is 26.8 Å². The van der Waals surface area contributed by atoms with Crippen LogP contribution in [0, 0.1) is 0 Å². The van der Waals surface area contributed by atoms with Crippen LogP contribution in [-0.2, 0) is 4.74 Å². The summed E-state index contributed by atoms with van der Waals surface area (Å²) in [4.78, 5) is 0. The van der Waals surface area contributed by atoms with Crippen molar-refractivity contribution in [1.29, 1.82) is 0 Å². The van der Waals surface area contributed by atoms with Crippen LogP contribution in [0.1, 0.15) is 13.3 Å². The molecule has 1 rings (SSSR count). The molecule has 0 radical (unpaired) electrons. The van der Waals surface area contributed by atoms with Gasteiger partial charge in [0.05, 0.1) is 12.4 Å². The van der Waals surface area contributed by atoms with Crippen LogP contribution < -0.4 is 10.2 Å². The molecule has 1 aromatic carbocycles. The summed E-state index contributed by atoms with van der Waals surface area (Å²) in [5.74, 6) is -0.125. The lowest BCUT2D eigenvalue weighted by atomic mass is 9.79. The van der Waals surface area contributed by atoms with Crippen LogP contribution >= 0.6 is 0 Å². The molecule has 0 aliphatic heterocycles. The van der Waals surface area contributed by atoms with Crippen LogP contribution in [0.15, 0.2) is 24.3 Å². The maximum absolute atomic E-state index is 12.6. The first-order chi connectivity index (χ1) is 8.05. The van der Waals surface area contributed by atoms with E-state index < -0.39 is 12.4 Å². The van der Waals surface area contributed by atoms with Gasteiger partial charge < -0.3 is 22.4 Å². The van der Waals surface area contributed by atoms with E-state index in [0.717, 1.165) is 12.5 Å². The summed E-state index contributed by atoms with van der Waals surface area (Å²) < 4.78 is 48.1. The second kappa shape index (κ2) is 6.54. The first kappa shape index (κ1) is 13.9. The molecule has 0 saturated heterocycles. The van der Waals surface area contributed by atoms with E-state index in [1.807, 2.05) is 6.92 Å². The van der Waals surface area contributed by atoms with Crippen molar-refractivity contribution in [3.05, 3.63) is 24.3 Å². The van der Waals surface area contributed by atoms with Crippen LogP contribution in [0.4, 0.5) is 12.9 Å². The fourth-order valence-electron chi connectivity index (χ4n) is 1.34. The van der Waals surface area contributed by atoms with Gasteiger partial charge in [0.15, 0.2) is 0 Å². The van der Waals surface area contributed by atoms with Crippen LogP contribution in [0.5, 0.6) is 5.75 Å². The quantitative estimate of drug-likeness (QED) is 0.544. The Bertz CT molecular complexity index is 342. The number of para-hydroxylation sites is 1. The predicted octanol–water partition coefficient (Wildman–Crippen LogP) is 2.55. The lowest BCUT2D eigenvalue weighted by molar-refractivity contribution is 0.101. The molecule has 17 heavy (non-hydrogen) atoms. The average Bonchev–Trinajstić information content (AvgIpc) is 2.28. The first-order valence-electron chi connectivity index (χ1n) is 5.55. The zero-order valence-corrected chi connectivity index (χ0v) is 9.67. The predicted molar refractivity (Wildman–Crippen MR) is 61.8 cm³/mol. The van der Waals surface area contributed by atoms with Crippen molar-refractivity contribution in [3.63, 3.8) is 0 Å². The standard InChI is InChI=1S/C11H15BF3O2/c1-2-7-16-8-9-17-11-6-4-3-5-10(11)12(13,14)15/h3-6H,2,7-9H2,1H3/q-1. The van der Waals surface area contributed by atoms with Crippen molar-refractivity contribution in [2.24, 2.45) is 0 Å². The topological polar surface area (TPSA) is 18.5 Å². The van der Waals surface area contributed by atoms with Gasteiger partial charge in [0.1, 0.15) is 6.61 Å². The Morgan fingerprint density at radius 2 is 1.76 bits per heavy atom. The molecule has 0 unspecified atom stereocenters. The van der Waals surface area contributed by atoms with Crippen molar-refractivity contribution in [2.75, 3.05) is 19.8 Å². The number of hydrogen-bond donors (Lipinski definition) is 0. The second-order valence-electron chi connectivity index (χ2n) is 3.57. The van der Waals surface area contributed by atoms with Crippen LogP contribution in [0.3, 0.4) is 0 Å². The average molecular weight is 247 g/mol. The van der Waals surface area contributed by atoms with E-state index in [0.29, 0.717) is 13.2 Å². The molecule has 0 aromatic heterocycles. The number of hydrogen-bond acceptors (Lipinski definition) is 2. The second-order valence-corrected chi connectivity index (χ2v) is 3.57. The molecule has 0 heterocycles. The van der Waals surface area contributed by atoms with Crippen molar-refractivity contribution in [2.45, 2.75) is 13.3 Å². The third-order valence-corrected chi connectivity index (χ3v) is 2.11. The third kappa shape index (κ3) is 4.69. The largest absolute Gasteiger partial charge is 0.513 e. The number of ether oxygens (including phenoxy) is 2. The van der Waals surface area contributed by atoms with Gasteiger partial charge in [-0.25, -0.2) is 0 Å². The molecule has 0 amide bonds. The van der Waals surface area contributed by atoms with E-state index in [9.17, 15) is 12.9 Å². The first-order valence-corrected chi connectivity index (χ1v) is 5.55. The van der Waals surface area contributed by atoms with E-state index in [1.165, 1.54) is 18.2 Å². The Morgan fingerprint density at radius 1 is 1.06 bits per heavy atom. The summed E-state index contributed by atoms with van der Waals surface area (Å²) in [7, 11) is 0. The fraction of sp³-hybridized carbons (Fsp3) is 0.455. The Kier molecular flexibility index (Phi) is 5.35. The van der Waals surface area contributed by atoms with Crippen LogP contribution in [0.2, 0.25) is 0 Å². The lowest BCUT2D eigenvalue weighted by Gasteiger charge is -2.19. The van der Waals surface area contributed by atoms with E-state index in [-0.39, 0.29) is 12.4 Å². The van der Waals surface area contributed by atoms with Gasteiger partial charge in [-0.15, -0.1) is 0 Å². The number of benzene rings is 1. The summed E-state index contributed by atoms with van der Waals surface area (Å²) in [5.41, 5.74) is -0.692. The van der Waals surface area contributed by atoms with Gasteiger partial charge in [-0.3, -0.25) is 0 Å². The maximum atomic E-state index is 12.6. The maximum Gasteiger partial charge on any atom is 0.513 e. The number of halogens is 3. The molecular weight excluding hydrogens is 232 g/mol. The fourth-order valence-corrected chi connectivity index (χ4v) is 1.34. The molecule has 96 valence electrons. The molecule has 0 bridgehead atoms. The van der Waals surface area contributed by atoms with E-state index in [4.69, 9.17) is 9.47 Å². The molecule has 0 atom stereocenters. The van der Waals surface area contributed by atoms with Crippen LogP contribution in [0.25, 0.3) is 0 Å². The highest BCUT2D eigenvalue weighted by Crippen LogP contribution is 2.17. The lowest BCUT2D eigenvalue weighted by Crippen LogP contribution is -2.35. The van der Waals surface area contributed by atoms with E-state index >= 15 is 0 Å². The SMILES string of the molecule is CCCOCCOc1ccccc1[B-](F)(F)F. The molecule has 2 nitrogen and oxygen atoms in total. The molecule has 0 spiro atoms. The highest BCUT2D eigenvalue weighted by atomic mass is 19.4. The summed E-state index contributed by atoms with van der Waals surface area (Å²) in [6.07, 6.45) is 0.877. The van der Waals surface area contributed by atoms with Gasteiger partial charge in [0, 0.05) is 6.61 Å². The summed E-state index contributed by atoms with van der Waals surface area (Å²) in [6, 6.07) is 5.23. The minimum Gasteiger partial charge on any atom is -0.494 e. The highest BCUT2D eigenvalue weighted by molar-refractivity contribution is 6.74. The van der Waals surface area contributed by atoms with Crippen molar-refractivity contribution >= 4 is 12.4 Å². The van der Waals surface area contributed by atoms with Gasteiger partial charge in [-0.05, 0) is 12.5 Å². The van der Waals surface area contributed by atoms with Gasteiger partial charge in [0.25, 0.3) is 0 Å². The van der Waals surface area contributed by atoms with Crippen molar-refractivity contribution < 1.29 is 22.4 Å². The molecule has 0 N–H and O–H groups in total. The molecule has 6 heteroatoms. The number of rotatable bonds is 7. The van der Waals surface area contributed by atoms with Gasteiger partial charge in [-0.1, -0.05) is 30.6 Å². The van der Waals surface area contributed by atoms with Gasteiger partial charge in [0.2, 0.25) is 0 Å². The smallest absolute Gasteiger partial charge is 0.494 e. The normalized spacial score (nSPS) is 11.5. The molecule has 0 aliphatic carbocycles. The van der Waals surface area contributed by atoms with Gasteiger partial charge in [-0.2, -0.15) is 0 Å². The van der Waals surface area contributed by atoms with Gasteiger partial charge >= 0.3 is 6.98 Å². The summed E-state index contributed by atoms with van der Waals surface area (Å²) >= 11 is 0. The Hall–Kier alpha value is -1.17. The van der Waals surface area contributed by atoms with E-state index in [1.54, 1.807) is 0 Å². The zero-order valence-electron chi connectivity index (χ0n) is 9.67. The molecule has 0 aliphatic rings. The Balaban J connectivity index is 2.53. The Labute approximate surface area is 98.8 Å². The Morgan fingerprint density at radius 3 is 2.41 bits per heavy atom. The zero-order chi connectivity index (χ0) is 12.7. The molecule has 0 saturated carbocycles.